The monoisotopic (exact) mass is 808 g/mol. The van der Waals surface area contributed by atoms with Crippen LogP contribution in [0, 0.1) is 23.7 Å². The Morgan fingerprint density at radius 1 is 0.586 bits per heavy atom. The topological polar surface area (TPSA) is 61.8 Å². The fraction of sp³-hybridized carbons (Fsp3) is 0.294. The van der Waals surface area contributed by atoms with Gasteiger partial charge in [0.1, 0.15) is 31.1 Å². The molecule has 0 aliphatic heterocycles. The van der Waals surface area contributed by atoms with Crippen molar-refractivity contribution in [1.82, 2.24) is 0 Å². The molecule has 58 heavy (non-hydrogen) atoms. The van der Waals surface area contributed by atoms with Crippen molar-refractivity contribution in [3.05, 3.63) is 149 Å². The second-order valence-electron chi connectivity index (χ2n) is 14.0. The summed E-state index contributed by atoms with van der Waals surface area (Å²) in [4.78, 5) is 27.7. The molecule has 0 heterocycles. The van der Waals surface area contributed by atoms with Crippen molar-refractivity contribution in [3.8, 4) is 29.4 Å². The molecule has 0 unspecified atom stereocenters. The van der Waals surface area contributed by atoms with E-state index in [1.165, 1.54) is 54.7 Å². The third-order valence-corrected chi connectivity index (χ3v) is 11.3. The average molecular weight is 809 g/mol. The number of esters is 2. The number of benzene rings is 5. The molecular weight excluding hydrogens is 757 g/mol. The Labute approximate surface area is 353 Å². The number of ether oxygens (including phenoxy) is 3. The van der Waals surface area contributed by atoms with Crippen molar-refractivity contribution in [1.29, 1.82) is 0 Å². The quantitative estimate of drug-likeness (QED) is 0.0271. The van der Waals surface area contributed by atoms with Gasteiger partial charge in [-0.25, -0.2) is 9.59 Å². The molecule has 0 bridgehead atoms. The summed E-state index contributed by atoms with van der Waals surface area (Å²) in [6, 6.07) is 34.3. The van der Waals surface area contributed by atoms with Crippen LogP contribution in [0.5, 0.6) is 5.75 Å². The van der Waals surface area contributed by atoms with Gasteiger partial charge < -0.3 is 14.2 Å². The normalized spacial score (nSPS) is 10.5. The zero-order valence-electron chi connectivity index (χ0n) is 33.9. The lowest BCUT2D eigenvalue weighted by molar-refractivity contribution is -0.140. The SMILES string of the molecule is C=C(C)C(=O)OCCOC(=O)c1cc(C#Cc2ccc(SCCCCC)cc2)ccc1OCc1ccc2cc(C#Cc3ccc(SCCCCCC)cc3)ccc2c1. The Hall–Kier alpha value is -5.34. The summed E-state index contributed by atoms with van der Waals surface area (Å²) in [6.07, 6.45) is 8.79. The summed E-state index contributed by atoms with van der Waals surface area (Å²) in [5.41, 5.74) is 4.91. The van der Waals surface area contributed by atoms with Crippen molar-refractivity contribution in [3.63, 3.8) is 0 Å². The Morgan fingerprint density at radius 2 is 1.10 bits per heavy atom. The fourth-order valence-corrected chi connectivity index (χ4v) is 7.63. The van der Waals surface area contributed by atoms with Gasteiger partial charge in [0.05, 0.1) is 0 Å². The summed E-state index contributed by atoms with van der Waals surface area (Å²) in [7, 11) is 0. The highest BCUT2D eigenvalue weighted by atomic mass is 32.2. The molecule has 0 aromatic heterocycles. The van der Waals surface area contributed by atoms with Crippen LogP contribution in [-0.2, 0) is 20.9 Å². The standard InChI is InChI=1S/C51H52O5S2/c1-5-7-9-11-33-58-47-27-18-39(19-28-47)12-14-41-16-23-45-35-43(17-24-44(45)34-41)37-56-49-29-22-42(36-48(49)51(53)55-31-30-54-50(52)38(3)4)15-13-40-20-25-46(26-21-40)57-32-10-8-6-2/h16-29,34-36H,3,5-11,30-33,37H2,1-2,4H3. The van der Waals surface area contributed by atoms with Crippen molar-refractivity contribution in [2.45, 2.75) is 82.1 Å². The van der Waals surface area contributed by atoms with E-state index in [-0.39, 0.29) is 31.0 Å². The van der Waals surface area contributed by atoms with E-state index in [1.807, 2.05) is 53.9 Å². The van der Waals surface area contributed by atoms with E-state index in [4.69, 9.17) is 14.2 Å². The number of hydrogen-bond donors (Lipinski definition) is 0. The summed E-state index contributed by atoms with van der Waals surface area (Å²) >= 11 is 3.77. The summed E-state index contributed by atoms with van der Waals surface area (Å²) in [5, 5.41) is 2.13. The molecule has 0 aliphatic rings. The van der Waals surface area contributed by atoms with Crippen LogP contribution in [0.1, 0.15) is 104 Å². The van der Waals surface area contributed by atoms with Gasteiger partial charge in [-0.3, -0.25) is 0 Å². The highest BCUT2D eigenvalue weighted by Gasteiger charge is 2.16. The lowest BCUT2D eigenvalue weighted by Crippen LogP contribution is -2.15. The first-order valence-corrected chi connectivity index (χ1v) is 22.1. The Balaban J connectivity index is 1.24. The van der Waals surface area contributed by atoms with Crippen LogP contribution in [-0.4, -0.2) is 36.7 Å². The predicted molar refractivity (Wildman–Crippen MR) is 241 cm³/mol. The van der Waals surface area contributed by atoms with Gasteiger partial charge in [0, 0.05) is 37.6 Å². The maximum Gasteiger partial charge on any atom is 0.342 e. The fourth-order valence-electron chi connectivity index (χ4n) is 5.81. The smallest absolute Gasteiger partial charge is 0.342 e. The number of carbonyl (C=O) groups excluding carboxylic acids is 2. The van der Waals surface area contributed by atoms with Crippen LogP contribution in [0.2, 0.25) is 0 Å². The lowest BCUT2D eigenvalue weighted by Gasteiger charge is -2.13. The summed E-state index contributed by atoms with van der Waals surface area (Å²) in [6.45, 7) is 9.62. The molecule has 0 saturated carbocycles. The van der Waals surface area contributed by atoms with Gasteiger partial charge >= 0.3 is 11.9 Å². The summed E-state index contributed by atoms with van der Waals surface area (Å²) < 4.78 is 16.8. The van der Waals surface area contributed by atoms with E-state index < -0.39 is 11.9 Å². The number of carbonyl (C=O) groups is 2. The van der Waals surface area contributed by atoms with Gasteiger partial charge in [0.25, 0.3) is 0 Å². The van der Waals surface area contributed by atoms with Crippen molar-refractivity contribution < 1.29 is 23.8 Å². The second kappa shape index (κ2) is 23.8. The van der Waals surface area contributed by atoms with Gasteiger partial charge in [0.15, 0.2) is 0 Å². The highest BCUT2D eigenvalue weighted by Crippen LogP contribution is 2.25. The van der Waals surface area contributed by atoms with Crippen molar-refractivity contribution >= 4 is 46.2 Å². The van der Waals surface area contributed by atoms with E-state index in [9.17, 15) is 9.59 Å². The molecule has 0 radical (unpaired) electrons. The molecule has 0 spiro atoms. The van der Waals surface area contributed by atoms with Crippen LogP contribution in [0.15, 0.2) is 125 Å². The first-order valence-electron chi connectivity index (χ1n) is 20.1. The molecule has 5 aromatic carbocycles. The zero-order chi connectivity index (χ0) is 41.0. The third-order valence-electron chi connectivity index (χ3n) is 9.09. The molecule has 7 heteroatoms. The minimum atomic E-state index is -0.603. The van der Waals surface area contributed by atoms with E-state index >= 15 is 0 Å². The Bertz CT molecular complexity index is 2270. The molecule has 0 aliphatic carbocycles. The van der Waals surface area contributed by atoms with Crippen LogP contribution < -0.4 is 4.74 Å². The van der Waals surface area contributed by atoms with Crippen LogP contribution >= 0.6 is 23.5 Å². The lowest BCUT2D eigenvalue weighted by atomic mass is 10.0. The van der Waals surface area contributed by atoms with Gasteiger partial charge in [-0.2, -0.15) is 0 Å². The molecule has 0 amide bonds. The Morgan fingerprint density at radius 3 is 1.74 bits per heavy atom. The number of thioether (sulfide) groups is 2. The molecule has 0 atom stereocenters. The Kier molecular flexibility index (Phi) is 18.0. The van der Waals surface area contributed by atoms with E-state index in [0.717, 1.165) is 44.5 Å². The van der Waals surface area contributed by atoms with Gasteiger partial charge in [-0.05, 0) is 133 Å². The first kappa shape index (κ1) is 43.8. The maximum atomic E-state index is 13.4. The minimum Gasteiger partial charge on any atom is -0.488 e. The molecule has 5 aromatic rings. The second-order valence-corrected chi connectivity index (χ2v) is 16.3. The molecular formula is C51H52O5S2. The van der Waals surface area contributed by atoms with Gasteiger partial charge in [-0.1, -0.05) is 94.4 Å². The summed E-state index contributed by atoms with van der Waals surface area (Å²) in [5.74, 6) is 14.5. The minimum absolute atomic E-state index is 0.0873. The van der Waals surface area contributed by atoms with Crippen molar-refractivity contribution in [2.75, 3.05) is 24.7 Å². The van der Waals surface area contributed by atoms with E-state index in [2.05, 4.69) is 105 Å². The maximum absolute atomic E-state index is 13.4. The first-order chi connectivity index (χ1) is 28.3. The number of rotatable bonds is 19. The number of hydrogen-bond acceptors (Lipinski definition) is 7. The molecule has 5 nitrogen and oxygen atoms in total. The van der Waals surface area contributed by atoms with Gasteiger partial charge in [0.2, 0.25) is 0 Å². The zero-order valence-corrected chi connectivity index (χ0v) is 35.5. The van der Waals surface area contributed by atoms with Crippen LogP contribution in [0.4, 0.5) is 0 Å². The third kappa shape index (κ3) is 14.6. The van der Waals surface area contributed by atoms with Gasteiger partial charge in [-0.15, -0.1) is 23.5 Å². The largest absolute Gasteiger partial charge is 0.488 e. The predicted octanol–water partition coefficient (Wildman–Crippen LogP) is 12.4. The van der Waals surface area contributed by atoms with E-state index in [0.29, 0.717) is 11.3 Å². The van der Waals surface area contributed by atoms with Crippen LogP contribution in [0.25, 0.3) is 10.8 Å². The number of fused-ring (bicyclic) bond motifs is 1. The average Bonchev–Trinajstić information content (AvgIpc) is 3.25. The number of unbranched alkanes of at least 4 members (excludes halogenated alkanes) is 5. The molecule has 0 N–H and O–H groups in total. The van der Waals surface area contributed by atoms with Crippen LogP contribution in [0.3, 0.4) is 0 Å². The molecule has 298 valence electrons. The highest BCUT2D eigenvalue weighted by molar-refractivity contribution is 7.99. The van der Waals surface area contributed by atoms with E-state index in [1.54, 1.807) is 19.1 Å². The molecule has 5 rings (SSSR count). The molecule has 0 saturated heterocycles. The molecule has 0 fully saturated rings. The van der Waals surface area contributed by atoms with Crippen molar-refractivity contribution in [2.24, 2.45) is 0 Å².